The van der Waals surface area contributed by atoms with Crippen molar-refractivity contribution in [2.75, 3.05) is 31.1 Å². The van der Waals surface area contributed by atoms with Gasteiger partial charge in [0.1, 0.15) is 11.5 Å². The molecule has 0 spiro atoms. The van der Waals surface area contributed by atoms with Crippen molar-refractivity contribution >= 4 is 22.5 Å². The molecule has 1 aliphatic rings. The fraction of sp³-hybridized carbons (Fsp3) is 0.160. The van der Waals surface area contributed by atoms with Crippen molar-refractivity contribution in [1.29, 1.82) is 0 Å². The normalized spacial score (nSPS) is 14.1. The molecule has 0 saturated carbocycles. The van der Waals surface area contributed by atoms with Crippen LogP contribution in [0.5, 0.6) is 0 Å². The number of rotatable bonds is 3. The van der Waals surface area contributed by atoms with E-state index in [-0.39, 0.29) is 11.7 Å². The number of aromatic nitrogens is 2. The molecule has 0 radical (unpaired) electrons. The maximum absolute atomic E-state index is 13.2. The van der Waals surface area contributed by atoms with Crippen LogP contribution in [-0.4, -0.2) is 47.2 Å². The van der Waals surface area contributed by atoms with E-state index in [9.17, 15) is 9.18 Å². The molecule has 1 aromatic heterocycles. The van der Waals surface area contributed by atoms with Gasteiger partial charge in [0.05, 0.1) is 0 Å². The van der Waals surface area contributed by atoms with Crippen LogP contribution in [0.1, 0.15) is 10.4 Å². The van der Waals surface area contributed by atoms with Crippen LogP contribution in [0, 0.1) is 5.82 Å². The Labute approximate surface area is 179 Å². The van der Waals surface area contributed by atoms with E-state index in [4.69, 9.17) is 0 Å². The monoisotopic (exact) mass is 412 g/mol. The number of amides is 1. The van der Waals surface area contributed by atoms with Gasteiger partial charge in [0.25, 0.3) is 5.91 Å². The number of carbonyl (C=O) groups is 1. The molecule has 0 atom stereocenters. The Morgan fingerprint density at radius 2 is 1.39 bits per heavy atom. The molecule has 154 valence electrons. The van der Waals surface area contributed by atoms with Crippen molar-refractivity contribution in [3.05, 3.63) is 90.2 Å². The first-order valence-corrected chi connectivity index (χ1v) is 10.3. The summed E-state index contributed by atoms with van der Waals surface area (Å²) in [5.74, 6) is 0.421. The van der Waals surface area contributed by atoms with Crippen molar-refractivity contribution in [3.63, 3.8) is 0 Å². The molecule has 1 saturated heterocycles. The maximum Gasteiger partial charge on any atom is 0.253 e. The lowest BCUT2D eigenvalue weighted by Gasteiger charge is -2.35. The molecule has 0 unspecified atom stereocenters. The van der Waals surface area contributed by atoms with Crippen LogP contribution in [0.2, 0.25) is 0 Å². The predicted octanol–water partition coefficient (Wildman–Crippen LogP) is 4.40. The minimum absolute atomic E-state index is 0.0741. The van der Waals surface area contributed by atoms with Gasteiger partial charge in [-0.3, -0.25) is 4.79 Å². The van der Waals surface area contributed by atoms with Gasteiger partial charge in [0, 0.05) is 48.1 Å². The smallest absolute Gasteiger partial charge is 0.253 e. The van der Waals surface area contributed by atoms with E-state index in [1.807, 2.05) is 42.5 Å². The molecular weight excluding hydrogens is 391 g/mol. The molecule has 0 bridgehead atoms. The summed E-state index contributed by atoms with van der Waals surface area (Å²) in [5, 5.41) is 11.2. The summed E-state index contributed by atoms with van der Waals surface area (Å²) in [6.45, 7) is 2.48. The molecule has 1 fully saturated rings. The van der Waals surface area contributed by atoms with Gasteiger partial charge in [0.2, 0.25) is 0 Å². The lowest BCUT2D eigenvalue weighted by atomic mass is 10.0. The Bertz CT molecular complexity index is 1220. The lowest BCUT2D eigenvalue weighted by molar-refractivity contribution is 0.0746. The molecule has 5 rings (SSSR count). The number of hydrogen-bond acceptors (Lipinski definition) is 4. The van der Waals surface area contributed by atoms with E-state index >= 15 is 0 Å². The Kier molecular flexibility index (Phi) is 5.04. The van der Waals surface area contributed by atoms with Crippen molar-refractivity contribution in [2.45, 2.75) is 0 Å². The average Bonchev–Trinajstić information content (AvgIpc) is 2.84. The number of nitrogens with zero attached hydrogens (tertiary/aromatic N) is 4. The van der Waals surface area contributed by atoms with E-state index in [1.165, 1.54) is 24.3 Å². The molecule has 3 aromatic carbocycles. The zero-order valence-electron chi connectivity index (χ0n) is 16.9. The third kappa shape index (κ3) is 3.72. The van der Waals surface area contributed by atoms with Crippen LogP contribution >= 0.6 is 0 Å². The maximum atomic E-state index is 13.2. The van der Waals surface area contributed by atoms with Crippen LogP contribution in [-0.2, 0) is 0 Å². The zero-order chi connectivity index (χ0) is 21.2. The number of carbonyl (C=O) groups excluding carboxylic acids is 1. The predicted molar refractivity (Wildman–Crippen MR) is 119 cm³/mol. The Hall–Kier alpha value is -3.80. The van der Waals surface area contributed by atoms with Crippen LogP contribution in [0.15, 0.2) is 78.9 Å². The van der Waals surface area contributed by atoms with Gasteiger partial charge >= 0.3 is 0 Å². The van der Waals surface area contributed by atoms with Gasteiger partial charge in [-0.1, -0.05) is 54.6 Å². The summed E-state index contributed by atoms with van der Waals surface area (Å²) in [4.78, 5) is 16.7. The van der Waals surface area contributed by atoms with Crippen molar-refractivity contribution in [1.82, 2.24) is 15.1 Å². The highest BCUT2D eigenvalue weighted by molar-refractivity contribution is 6.00. The fourth-order valence-corrected chi connectivity index (χ4v) is 4.03. The molecule has 31 heavy (non-hydrogen) atoms. The van der Waals surface area contributed by atoms with E-state index in [1.54, 1.807) is 4.90 Å². The summed E-state index contributed by atoms with van der Waals surface area (Å²) in [5.41, 5.74) is 2.41. The first-order chi connectivity index (χ1) is 15.2. The summed E-state index contributed by atoms with van der Waals surface area (Å²) in [6.07, 6.45) is 0. The number of piperazine rings is 1. The topological polar surface area (TPSA) is 49.3 Å². The minimum atomic E-state index is -0.342. The number of fused-ring (bicyclic) bond motifs is 1. The van der Waals surface area contributed by atoms with Gasteiger partial charge in [0.15, 0.2) is 5.82 Å². The van der Waals surface area contributed by atoms with E-state index < -0.39 is 0 Å². The van der Waals surface area contributed by atoms with Crippen molar-refractivity contribution in [2.24, 2.45) is 0 Å². The van der Waals surface area contributed by atoms with E-state index in [0.717, 1.165) is 27.8 Å². The first kappa shape index (κ1) is 19.2. The molecule has 1 aliphatic heterocycles. The van der Waals surface area contributed by atoms with Gasteiger partial charge in [-0.15, -0.1) is 10.2 Å². The zero-order valence-corrected chi connectivity index (χ0v) is 16.9. The quantitative estimate of drug-likeness (QED) is 0.501. The van der Waals surface area contributed by atoms with E-state index in [2.05, 4.69) is 27.2 Å². The fourth-order valence-electron chi connectivity index (χ4n) is 4.03. The summed E-state index contributed by atoms with van der Waals surface area (Å²) >= 11 is 0. The lowest BCUT2D eigenvalue weighted by Crippen LogP contribution is -2.49. The Morgan fingerprint density at radius 3 is 2.10 bits per heavy atom. The Balaban J connectivity index is 1.39. The number of benzene rings is 3. The van der Waals surface area contributed by atoms with E-state index in [0.29, 0.717) is 31.7 Å². The second-order valence-electron chi connectivity index (χ2n) is 7.57. The molecular formula is C25H21FN4O. The molecule has 0 N–H and O–H groups in total. The van der Waals surface area contributed by atoms with Gasteiger partial charge in [-0.25, -0.2) is 4.39 Å². The average molecular weight is 412 g/mol. The largest absolute Gasteiger partial charge is 0.351 e. The van der Waals surface area contributed by atoms with Crippen LogP contribution in [0.3, 0.4) is 0 Å². The van der Waals surface area contributed by atoms with Gasteiger partial charge in [-0.05, 0) is 24.3 Å². The second kappa shape index (κ2) is 8.14. The standard InChI is InChI=1S/C25H21FN4O/c26-20-12-10-19(11-13-20)25(31)30-16-14-29(15-17-30)24-22-9-5-4-8-21(22)23(27-28-24)18-6-2-1-3-7-18/h1-13H,14-17H2. The third-order valence-corrected chi connectivity index (χ3v) is 5.67. The third-order valence-electron chi connectivity index (χ3n) is 5.67. The Morgan fingerprint density at radius 1 is 0.742 bits per heavy atom. The molecule has 1 amide bonds. The van der Waals surface area contributed by atoms with Gasteiger partial charge < -0.3 is 9.80 Å². The molecule has 6 heteroatoms. The summed E-state index contributed by atoms with van der Waals surface area (Å²) in [7, 11) is 0. The minimum Gasteiger partial charge on any atom is -0.351 e. The number of anilines is 1. The van der Waals surface area contributed by atoms with Crippen molar-refractivity contribution in [3.8, 4) is 11.3 Å². The molecule has 5 nitrogen and oxygen atoms in total. The van der Waals surface area contributed by atoms with Gasteiger partial charge in [-0.2, -0.15) is 0 Å². The summed E-state index contributed by atoms with van der Waals surface area (Å²) < 4.78 is 13.2. The van der Waals surface area contributed by atoms with Crippen LogP contribution < -0.4 is 4.90 Å². The summed E-state index contributed by atoms with van der Waals surface area (Å²) in [6, 6.07) is 23.9. The molecule has 0 aliphatic carbocycles. The highest BCUT2D eigenvalue weighted by atomic mass is 19.1. The number of halogens is 1. The van der Waals surface area contributed by atoms with Crippen LogP contribution in [0.4, 0.5) is 10.2 Å². The van der Waals surface area contributed by atoms with Crippen LogP contribution in [0.25, 0.3) is 22.0 Å². The first-order valence-electron chi connectivity index (χ1n) is 10.3. The SMILES string of the molecule is O=C(c1ccc(F)cc1)N1CCN(c2nnc(-c3ccccc3)c3ccccc23)CC1. The molecule has 4 aromatic rings. The highest BCUT2D eigenvalue weighted by Gasteiger charge is 2.24. The molecule has 2 heterocycles. The second-order valence-corrected chi connectivity index (χ2v) is 7.57. The van der Waals surface area contributed by atoms with Crippen molar-refractivity contribution < 1.29 is 9.18 Å². The highest BCUT2D eigenvalue weighted by Crippen LogP contribution is 2.31. The number of hydrogen-bond donors (Lipinski definition) is 0.